The first-order valence-corrected chi connectivity index (χ1v) is 9.13. The Labute approximate surface area is 156 Å². The van der Waals surface area contributed by atoms with E-state index in [9.17, 15) is 4.79 Å². The van der Waals surface area contributed by atoms with E-state index in [0.29, 0.717) is 23.2 Å². The molecular formula is C19H20N4O2S. The Morgan fingerprint density at radius 3 is 2.58 bits per heavy atom. The van der Waals surface area contributed by atoms with Crippen molar-refractivity contribution in [2.24, 2.45) is 0 Å². The van der Waals surface area contributed by atoms with Crippen molar-refractivity contribution in [1.29, 1.82) is 0 Å². The zero-order chi connectivity index (χ0) is 18.7. The van der Waals surface area contributed by atoms with E-state index in [2.05, 4.69) is 42.2 Å². The first-order chi connectivity index (χ1) is 12.4. The summed E-state index contributed by atoms with van der Waals surface area (Å²) >= 11 is 1.47. The maximum atomic E-state index is 10.9. The van der Waals surface area contributed by atoms with Crippen LogP contribution in [0.5, 0.6) is 0 Å². The number of hydrogen-bond donors (Lipinski definition) is 2. The molecule has 0 unspecified atom stereocenters. The Hall–Kier alpha value is -2.80. The summed E-state index contributed by atoms with van der Waals surface area (Å²) in [6, 6.07) is 13.1. The molecule has 3 aromatic rings. The van der Waals surface area contributed by atoms with Gasteiger partial charge >= 0.3 is 5.97 Å². The fraction of sp³-hybridized carbons (Fsp3) is 0.211. The van der Waals surface area contributed by atoms with Gasteiger partial charge < -0.3 is 10.9 Å². The number of nitrogens with two attached hydrogens (primary N) is 1. The molecule has 0 aliphatic rings. The van der Waals surface area contributed by atoms with Gasteiger partial charge in [0.05, 0.1) is 5.56 Å². The number of hydrogen-bond acceptors (Lipinski definition) is 5. The molecule has 3 rings (SSSR count). The van der Waals surface area contributed by atoms with Crippen LogP contribution in [-0.4, -0.2) is 25.9 Å². The fourth-order valence-corrected chi connectivity index (χ4v) is 3.41. The van der Waals surface area contributed by atoms with Crippen LogP contribution in [-0.2, 0) is 12.2 Å². The summed E-state index contributed by atoms with van der Waals surface area (Å²) in [4.78, 5) is 10.9. The molecular weight excluding hydrogens is 348 g/mol. The van der Waals surface area contributed by atoms with Crippen LogP contribution in [0.4, 0.5) is 0 Å². The molecule has 134 valence electrons. The van der Waals surface area contributed by atoms with Gasteiger partial charge in [0.15, 0.2) is 5.82 Å². The Bertz CT molecular complexity index is 935. The van der Waals surface area contributed by atoms with Crippen LogP contribution in [0.1, 0.15) is 38.4 Å². The highest BCUT2D eigenvalue weighted by Crippen LogP contribution is 2.22. The summed E-state index contributed by atoms with van der Waals surface area (Å²) in [6.07, 6.45) is 0.630. The molecule has 0 spiro atoms. The zero-order valence-corrected chi connectivity index (χ0v) is 15.5. The van der Waals surface area contributed by atoms with Gasteiger partial charge in [-0.05, 0) is 42.7 Å². The van der Waals surface area contributed by atoms with E-state index in [1.54, 1.807) is 24.3 Å². The second-order valence-corrected chi connectivity index (χ2v) is 7.11. The number of nitrogens with zero attached hydrogens (tertiary/aromatic N) is 3. The second kappa shape index (κ2) is 7.61. The highest BCUT2D eigenvalue weighted by Gasteiger charge is 2.12. The van der Waals surface area contributed by atoms with Crippen LogP contribution in [0, 0.1) is 13.8 Å². The Morgan fingerprint density at radius 1 is 1.15 bits per heavy atom. The second-order valence-electron chi connectivity index (χ2n) is 6.17. The van der Waals surface area contributed by atoms with Crippen molar-refractivity contribution in [2.75, 3.05) is 5.84 Å². The molecule has 0 bridgehead atoms. The molecule has 3 N–H and O–H groups in total. The van der Waals surface area contributed by atoms with Gasteiger partial charge in [0.1, 0.15) is 0 Å². The zero-order valence-electron chi connectivity index (χ0n) is 14.6. The number of carbonyl (C=O) groups is 1. The van der Waals surface area contributed by atoms with Gasteiger partial charge in [-0.1, -0.05) is 47.7 Å². The maximum absolute atomic E-state index is 10.9. The van der Waals surface area contributed by atoms with Gasteiger partial charge in [-0.2, -0.15) is 0 Å². The molecule has 0 atom stereocenters. The van der Waals surface area contributed by atoms with Gasteiger partial charge in [-0.15, -0.1) is 10.2 Å². The summed E-state index contributed by atoms with van der Waals surface area (Å²) < 4.78 is 1.53. The number of carboxylic acids is 1. The molecule has 1 heterocycles. The van der Waals surface area contributed by atoms with Crippen LogP contribution < -0.4 is 5.84 Å². The van der Waals surface area contributed by atoms with E-state index >= 15 is 0 Å². The molecule has 0 saturated heterocycles. The molecule has 2 aromatic carbocycles. The Kier molecular flexibility index (Phi) is 5.27. The molecule has 26 heavy (non-hydrogen) atoms. The maximum Gasteiger partial charge on any atom is 0.335 e. The smallest absolute Gasteiger partial charge is 0.335 e. The minimum atomic E-state index is -0.929. The third-order valence-corrected chi connectivity index (χ3v) is 5.17. The van der Waals surface area contributed by atoms with E-state index in [-0.39, 0.29) is 5.56 Å². The lowest BCUT2D eigenvalue weighted by molar-refractivity contribution is 0.0697. The van der Waals surface area contributed by atoms with Gasteiger partial charge in [-0.3, -0.25) is 0 Å². The van der Waals surface area contributed by atoms with Crippen molar-refractivity contribution in [3.63, 3.8) is 0 Å². The van der Waals surface area contributed by atoms with Crippen LogP contribution in [0.25, 0.3) is 0 Å². The third-order valence-electron chi connectivity index (χ3n) is 4.16. The first kappa shape index (κ1) is 18.0. The molecule has 0 aliphatic heterocycles. The molecule has 0 radical (unpaired) electrons. The lowest BCUT2D eigenvalue weighted by Crippen LogP contribution is -2.14. The van der Waals surface area contributed by atoms with Crippen LogP contribution >= 0.6 is 11.8 Å². The van der Waals surface area contributed by atoms with Gasteiger partial charge in [0.25, 0.3) is 0 Å². The normalized spacial score (nSPS) is 10.8. The molecule has 6 nitrogen and oxygen atoms in total. The minimum absolute atomic E-state index is 0.275. The number of thioether (sulfide) groups is 1. The highest BCUT2D eigenvalue weighted by atomic mass is 32.2. The minimum Gasteiger partial charge on any atom is -0.478 e. The average Bonchev–Trinajstić information content (AvgIpc) is 2.96. The monoisotopic (exact) mass is 368 g/mol. The predicted molar refractivity (Wildman–Crippen MR) is 102 cm³/mol. The quantitative estimate of drug-likeness (QED) is 0.513. The van der Waals surface area contributed by atoms with Gasteiger partial charge in [0, 0.05) is 12.2 Å². The molecule has 0 fully saturated rings. The van der Waals surface area contributed by atoms with Crippen molar-refractivity contribution < 1.29 is 9.90 Å². The number of aromatic carboxylic acids is 1. The largest absolute Gasteiger partial charge is 0.478 e. The van der Waals surface area contributed by atoms with Crippen molar-refractivity contribution in [1.82, 2.24) is 14.9 Å². The lowest BCUT2D eigenvalue weighted by Gasteiger charge is -2.07. The van der Waals surface area contributed by atoms with Crippen molar-refractivity contribution in [3.8, 4) is 0 Å². The molecule has 1 aromatic heterocycles. The lowest BCUT2D eigenvalue weighted by atomic mass is 10.0. The van der Waals surface area contributed by atoms with Crippen molar-refractivity contribution in [3.05, 3.63) is 76.1 Å². The number of aryl methyl sites for hydroxylation is 2. The van der Waals surface area contributed by atoms with E-state index in [1.165, 1.54) is 33.1 Å². The number of nitrogen functional groups attached to an aromatic ring is 1. The summed E-state index contributed by atoms with van der Waals surface area (Å²) in [6.45, 7) is 4.13. The third kappa shape index (κ3) is 4.05. The Balaban J connectivity index is 1.69. The highest BCUT2D eigenvalue weighted by molar-refractivity contribution is 7.98. The number of benzene rings is 2. The molecule has 0 saturated carbocycles. The Morgan fingerprint density at radius 2 is 1.88 bits per heavy atom. The average molecular weight is 368 g/mol. The molecule has 7 heteroatoms. The van der Waals surface area contributed by atoms with Crippen LogP contribution in [0.3, 0.4) is 0 Å². The van der Waals surface area contributed by atoms with Gasteiger partial charge in [-0.25, -0.2) is 9.47 Å². The molecule has 0 aliphatic carbocycles. The van der Waals surface area contributed by atoms with E-state index in [0.717, 1.165) is 5.56 Å². The fourth-order valence-electron chi connectivity index (χ4n) is 2.58. The van der Waals surface area contributed by atoms with Crippen molar-refractivity contribution >= 4 is 17.7 Å². The van der Waals surface area contributed by atoms with Crippen LogP contribution in [0.2, 0.25) is 0 Å². The van der Waals surface area contributed by atoms with E-state index < -0.39 is 5.97 Å². The summed E-state index contributed by atoms with van der Waals surface area (Å²) in [5.41, 5.74) is 4.86. The summed E-state index contributed by atoms with van der Waals surface area (Å²) in [5.74, 6) is 6.58. The van der Waals surface area contributed by atoms with Gasteiger partial charge in [0.2, 0.25) is 5.16 Å². The summed E-state index contributed by atoms with van der Waals surface area (Å²) in [5, 5.41) is 18.0. The topological polar surface area (TPSA) is 94.0 Å². The van der Waals surface area contributed by atoms with Crippen molar-refractivity contribution in [2.45, 2.75) is 31.2 Å². The SMILES string of the molecule is Cc1ccc(C)c(Cc2nnc(SCc3ccc(C(=O)O)cc3)n2N)c1. The number of rotatable bonds is 6. The number of aromatic nitrogens is 3. The summed E-state index contributed by atoms with van der Waals surface area (Å²) in [7, 11) is 0. The molecule has 0 amide bonds. The van der Waals surface area contributed by atoms with Crippen LogP contribution in [0.15, 0.2) is 47.6 Å². The van der Waals surface area contributed by atoms with E-state index in [1.807, 2.05) is 0 Å². The standard InChI is InChI=1S/C19H20N4O2S/c1-12-3-4-13(2)16(9-12)10-17-21-22-19(23(17)20)26-11-14-5-7-15(8-6-14)18(24)25/h3-9H,10-11,20H2,1-2H3,(H,24,25). The predicted octanol–water partition coefficient (Wildman–Crippen LogP) is 3.19. The number of carboxylic acid groups (broad SMARTS) is 1. The van der Waals surface area contributed by atoms with E-state index in [4.69, 9.17) is 10.9 Å². The first-order valence-electron chi connectivity index (χ1n) is 8.14.